The van der Waals surface area contributed by atoms with Gasteiger partial charge in [0, 0.05) is 14.2 Å². The standard InChI is InChI=1S/C36H32F10O8S/c1-49-25-23(37)29(51-3)33(43,35(45,53-5)27(25)39)31(41,19-17-21-13-9-7-10-14-21)55(47,48)32(42,20-18-22-15-11-8-12-16-22)34(44)30(52-4)24(38)26(50-2)28(40)36(34,46)54-6/h7-20H,1-6H3. The molecule has 19 heteroatoms. The van der Waals surface area contributed by atoms with E-state index in [-0.39, 0.29) is 25.3 Å². The number of sulfone groups is 1. The van der Waals surface area contributed by atoms with Crippen molar-refractivity contribution in [1.29, 1.82) is 0 Å². The number of hydrogen-bond acceptors (Lipinski definition) is 8. The number of halogens is 10. The molecule has 2 aliphatic rings. The first-order chi connectivity index (χ1) is 25.7. The molecule has 0 spiro atoms. The van der Waals surface area contributed by atoms with Gasteiger partial charge in [0.1, 0.15) is 0 Å². The molecule has 2 aromatic carbocycles. The van der Waals surface area contributed by atoms with Crippen LogP contribution in [0.25, 0.3) is 12.2 Å². The van der Waals surface area contributed by atoms with Gasteiger partial charge in [-0.2, -0.15) is 17.6 Å². The summed E-state index contributed by atoms with van der Waals surface area (Å²) in [6.45, 7) is 0. The van der Waals surface area contributed by atoms with E-state index in [0.29, 0.717) is 40.6 Å². The van der Waals surface area contributed by atoms with E-state index in [1.807, 2.05) is 0 Å². The lowest BCUT2D eigenvalue weighted by molar-refractivity contribution is -0.231. The predicted molar refractivity (Wildman–Crippen MR) is 177 cm³/mol. The van der Waals surface area contributed by atoms with Crippen molar-refractivity contribution in [3.63, 3.8) is 0 Å². The van der Waals surface area contributed by atoms with Gasteiger partial charge in [-0.3, -0.25) is 0 Å². The first-order valence-corrected chi connectivity index (χ1v) is 16.9. The maximum Gasteiger partial charge on any atom is 0.312 e. The van der Waals surface area contributed by atoms with E-state index >= 15 is 52.3 Å². The molecular weight excluding hydrogens is 782 g/mol. The fraction of sp³-hybridized carbons (Fsp3) is 0.333. The van der Waals surface area contributed by atoms with Gasteiger partial charge in [0.05, 0.1) is 28.4 Å². The summed E-state index contributed by atoms with van der Waals surface area (Å²) < 4.78 is 228. The van der Waals surface area contributed by atoms with E-state index < -0.39 is 101 Å². The third-order valence-corrected chi connectivity index (χ3v) is 11.4. The van der Waals surface area contributed by atoms with Gasteiger partial charge in [-0.15, -0.1) is 0 Å². The van der Waals surface area contributed by atoms with E-state index in [1.165, 1.54) is 36.4 Å². The van der Waals surface area contributed by atoms with Gasteiger partial charge in [0.2, 0.25) is 33.1 Å². The van der Waals surface area contributed by atoms with Crippen molar-refractivity contribution in [3.8, 4) is 0 Å². The minimum absolute atomic E-state index is 0.131. The highest BCUT2D eigenvalue weighted by molar-refractivity contribution is 7.94. The third-order valence-electron chi connectivity index (χ3n) is 8.95. The van der Waals surface area contributed by atoms with E-state index in [0.717, 1.165) is 24.3 Å². The minimum Gasteiger partial charge on any atom is -0.494 e. The Hall–Kier alpha value is -4.75. The highest BCUT2D eigenvalue weighted by Gasteiger charge is 2.88. The second kappa shape index (κ2) is 15.1. The Morgan fingerprint density at radius 3 is 1.11 bits per heavy atom. The van der Waals surface area contributed by atoms with Crippen LogP contribution in [0.2, 0.25) is 0 Å². The Morgan fingerprint density at radius 2 is 0.855 bits per heavy atom. The van der Waals surface area contributed by atoms with Gasteiger partial charge in [-0.1, -0.05) is 72.8 Å². The Balaban J connectivity index is 2.33. The number of benzene rings is 2. The third kappa shape index (κ3) is 5.67. The fourth-order valence-corrected chi connectivity index (χ4v) is 8.26. The average Bonchev–Trinajstić information content (AvgIpc) is 3.18. The van der Waals surface area contributed by atoms with Gasteiger partial charge in [0.15, 0.2) is 23.0 Å². The molecule has 0 fully saturated rings. The lowest BCUT2D eigenvalue weighted by Gasteiger charge is -2.50. The average molecular weight is 815 g/mol. The molecule has 0 N–H and O–H groups in total. The van der Waals surface area contributed by atoms with Gasteiger partial charge in [0.25, 0.3) is 21.3 Å². The second-order valence-corrected chi connectivity index (χ2v) is 13.8. The number of methoxy groups -OCH3 is 6. The summed E-state index contributed by atoms with van der Waals surface area (Å²) in [5.74, 6) is -29.7. The summed E-state index contributed by atoms with van der Waals surface area (Å²) in [6, 6.07) is 12.1. The summed E-state index contributed by atoms with van der Waals surface area (Å²) in [7, 11) is -5.91. The van der Waals surface area contributed by atoms with Crippen molar-refractivity contribution in [3.05, 3.63) is 130 Å². The van der Waals surface area contributed by atoms with Gasteiger partial charge >= 0.3 is 11.7 Å². The minimum atomic E-state index is -7.83. The molecule has 0 saturated heterocycles. The molecule has 6 unspecified atom stereocenters. The van der Waals surface area contributed by atoms with Crippen molar-refractivity contribution in [2.45, 2.75) is 33.0 Å². The summed E-state index contributed by atoms with van der Waals surface area (Å²) in [5.41, 5.74) is -12.0. The molecule has 0 saturated carbocycles. The largest absolute Gasteiger partial charge is 0.494 e. The zero-order valence-corrected chi connectivity index (χ0v) is 30.4. The van der Waals surface area contributed by atoms with Crippen LogP contribution in [0.1, 0.15) is 11.1 Å². The molecule has 0 aliphatic heterocycles. The lowest BCUT2D eigenvalue weighted by atomic mass is 9.81. The maximum absolute atomic E-state index is 18.5. The molecule has 8 nitrogen and oxygen atoms in total. The SMILES string of the molecule is COC1=C(F)C(F)(OC)C(F)(C(F)(C=Cc2ccccc2)S(=O)(=O)C(F)(C=Cc2ccccc2)C2(F)C(OC)=C(F)C(OC)=C(F)C2(F)OC)C(OC)=C1F. The molecule has 6 atom stereocenters. The lowest BCUT2D eigenvalue weighted by Crippen LogP contribution is -2.74. The van der Waals surface area contributed by atoms with Crippen LogP contribution in [0, 0.1) is 0 Å². The quantitative estimate of drug-likeness (QED) is 0.176. The van der Waals surface area contributed by atoms with Crippen molar-refractivity contribution >= 4 is 22.0 Å². The maximum atomic E-state index is 18.5. The molecule has 0 radical (unpaired) electrons. The Morgan fingerprint density at radius 1 is 0.545 bits per heavy atom. The normalized spacial score (nSPS) is 28.8. The first kappa shape index (κ1) is 43.0. The molecule has 0 amide bonds. The zero-order chi connectivity index (χ0) is 41.4. The van der Waals surface area contributed by atoms with Crippen LogP contribution in [0.15, 0.2) is 119 Å². The molecule has 0 bridgehead atoms. The van der Waals surface area contributed by atoms with Crippen LogP contribution in [0.3, 0.4) is 0 Å². The number of hydrogen-bond donors (Lipinski definition) is 0. The van der Waals surface area contributed by atoms with Crippen LogP contribution in [0.4, 0.5) is 43.9 Å². The van der Waals surface area contributed by atoms with Crippen LogP contribution in [-0.4, -0.2) is 84.1 Å². The summed E-state index contributed by atoms with van der Waals surface area (Å²) in [5, 5.41) is -11.7. The number of rotatable bonds is 14. The van der Waals surface area contributed by atoms with E-state index in [9.17, 15) is 0 Å². The van der Waals surface area contributed by atoms with Gasteiger partial charge in [-0.05, 0) is 23.3 Å². The topological polar surface area (TPSA) is 89.5 Å². The van der Waals surface area contributed by atoms with E-state index in [4.69, 9.17) is 0 Å². The molecular formula is C36H32F10O8S. The monoisotopic (exact) mass is 814 g/mol. The van der Waals surface area contributed by atoms with E-state index in [1.54, 1.807) is 0 Å². The first-order valence-electron chi connectivity index (χ1n) is 15.4. The zero-order valence-electron chi connectivity index (χ0n) is 29.5. The number of ether oxygens (including phenoxy) is 6. The Labute approximate surface area is 308 Å². The molecule has 4 rings (SSSR count). The molecule has 55 heavy (non-hydrogen) atoms. The van der Waals surface area contributed by atoms with Gasteiger partial charge in [-0.25, -0.2) is 34.8 Å². The van der Waals surface area contributed by atoms with Gasteiger partial charge < -0.3 is 28.4 Å². The molecule has 2 aliphatic carbocycles. The van der Waals surface area contributed by atoms with Crippen molar-refractivity contribution in [1.82, 2.24) is 0 Å². The molecule has 0 aromatic heterocycles. The Kier molecular flexibility index (Phi) is 11.8. The van der Waals surface area contributed by atoms with Crippen molar-refractivity contribution in [2.24, 2.45) is 0 Å². The van der Waals surface area contributed by atoms with Crippen molar-refractivity contribution in [2.75, 3.05) is 42.7 Å². The fourth-order valence-electron chi connectivity index (χ4n) is 6.15. The second-order valence-electron chi connectivity index (χ2n) is 11.6. The van der Waals surface area contributed by atoms with Crippen LogP contribution < -0.4 is 0 Å². The molecule has 300 valence electrons. The van der Waals surface area contributed by atoms with Crippen LogP contribution in [0.5, 0.6) is 0 Å². The summed E-state index contributed by atoms with van der Waals surface area (Å²) in [4.78, 5) is 0. The summed E-state index contributed by atoms with van der Waals surface area (Å²) >= 11 is 0. The Bertz CT molecular complexity index is 1950. The molecule has 0 heterocycles. The number of alkyl halides is 6. The van der Waals surface area contributed by atoms with Crippen LogP contribution in [-0.2, 0) is 38.3 Å². The predicted octanol–water partition coefficient (Wildman–Crippen LogP) is 8.54. The number of allylic oxidation sites excluding steroid dienone is 2. The summed E-state index contributed by atoms with van der Waals surface area (Å²) in [6.07, 6.45) is -0.412. The van der Waals surface area contributed by atoms with Crippen molar-refractivity contribution < 1.29 is 80.7 Å². The highest BCUT2D eigenvalue weighted by atomic mass is 32.2. The van der Waals surface area contributed by atoms with Crippen LogP contribution >= 0.6 is 0 Å². The van der Waals surface area contributed by atoms with E-state index in [2.05, 4.69) is 28.4 Å². The smallest absolute Gasteiger partial charge is 0.312 e. The molecule has 2 aromatic rings. The highest BCUT2D eigenvalue weighted by Crippen LogP contribution is 2.65.